The maximum Gasteiger partial charge on any atom is 0.194 e. The summed E-state index contributed by atoms with van der Waals surface area (Å²) in [4.78, 5) is 8.65. The summed E-state index contributed by atoms with van der Waals surface area (Å²) in [6, 6.07) is 10.7. The zero-order valence-corrected chi connectivity index (χ0v) is 18.8. The van der Waals surface area contributed by atoms with Crippen molar-refractivity contribution in [3.05, 3.63) is 42.0 Å². The summed E-state index contributed by atoms with van der Waals surface area (Å²) in [5, 5.41) is 12.0. The lowest BCUT2D eigenvalue weighted by Crippen LogP contribution is -2.43. The average Bonchev–Trinajstić information content (AvgIpc) is 3.52. The van der Waals surface area contributed by atoms with Crippen molar-refractivity contribution >= 4 is 17.7 Å². The lowest BCUT2D eigenvalue weighted by molar-refractivity contribution is 0.113. The molecule has 1 aromatic carbocycles. The van der Waals surface area contributed by atoms with E-state index in [1.54, 1.807) is 0 Å². The monoisotopic (exact) mass is 428 g/mol. The van der Waals surface area contributed by atoms with Crippen LogP contribution in [0.25, 0.3) is 0 Å². The Morgan fingerprint density at radius 2 is 2.13 bits per heavy atom. The summed E-state index contributed by atoms with van der Waals surface area (Å²) >= 11 is 1.95. The van der Waals surface area contributed by atoms with Gasteiger partial charge in [-0.25, -0.2) is 4.99 Å². The second-order valence-electron chi connectivity index (χ2n) is 8.10. The average molecular weight is 429 g/mol. The van der Waals surface area contributed by atoms with E-state index in [-0.39, 0.29) is 0 Å². The first-order valence-electron chi connectivity index (χ1n) is 10.9. The van der Waals surface area contributed by atoms with Gasteiger partial charge in [0.25, 0.3) is 0 Å². The highest BCUT2D eigenvalue weighted by Gasteiger charge is 2.26. The topological polar surface area (TPSA) is 67.6 Å². The van der Waals surface area contributed by atoms with Crippen LogP contribution in [0.4, 0.5) is 0 Å². The van der Waals surface area contributed by atoms with Gasteiger partial charge >= 0.3 is 0 Å². The second-order valence-corrected chi connectivity index (χ2v) is 9.20. The number of benzene rings is 1. The van der Waals surface area contributed by atoms with Gasteiger partial charge < -0.3 is 19.5 Å². The van der Waals surface area contributed by atoms with Crippen LogP contribution in [0.1, 0.15) is 30.9 Å². The highest BCUT2D eigenvalue weighted by Crippen LogP contribution is 2.26. The minimum atomic E-state index is 0.291. The van der Waals surface area contributed by atoms with Gasteiger partial charge in [-0.15, -0.1) is 22.0 Å². The van der Waals surface area contributed by atoms with Gasteiger partial charge in [0.2, 0.25) is 0 Å². The quantitative estimate of drug-likeness (QED) is 0.416. The first kappa shape index (κ1) is 21.2. The Morgan fingerprint density at radius 3 is 2.87 bits per heavy atom. The number of guanidine groups is 1. The summed E-state index contributed by atoms with van der Waals surface area (Å²) < 4.78 is 7.80. The van der Waals surface area contributed by atoms with Crippen LogP contribution in [0.15, 0.2) is 40.2 Å². The first-order chi connectivity index (χ1) is 14.7. The fourth-order valence-electron chi connectivity index (χ4n) is 3.90. The molecule has 2 saturated heterocycles. The van der Waals surface area contributed by atoms with Crippen molar-refractivity contribution in [2.75, 3.05) is 32.0 Å². The molecule has 2 aliphatic rings. The van der Waals surface area contributed by atoms with Crippen LogP contribution in [0.2, 0.25) is 0 Å². The van der Waals surface area contributed by atoms with Crippen molar-refractivity contribution in [3.63, 3.8) is 0 Å². The number of likely N-dealkylation sites (tertiary alicyclic amines) is 1. The smallest absolute Gasteiger partial charge is 0.194 e. The number of ether oxygens (including phenoxy) is 1. The number of aliphatic imine (C=N–C) groups is 1. The van der Waals surface area contributed by atoms with Gasteiger partial charge in [-0.1, -0.05) is 18.2 Å². The van der Waals surface area contributed by atoms with E-state index < -0.39 is 0 Å². The lowest BCUT2D eigenvalue weighted by atomic mass is 10.2. The molecular formula is C22H32N6OS. The standard InChI is InChI=1S/C22H32N6OS/c1-17-25-26-21(27(17)2)14-24-22(23-13-19-7-6-12-29-19)28-11-10-18(15-28)16-30-20-8-4-3-5-9-20/h3-5,8-9,18-19H,6-7,10-16H2,1-2H3,(H,23,24). The molecule has 1 aromatic heterocycles. The Kier molecular flexibility index (Phi) is 7.28. The van der Waals surface area contributed by atoms with Crippen LogP contribution in [-0.2, 0) is 18.3 Å². The summed E-state index contributed by atoms with van der Waals surface area (Å²) in [5.41, 5.74) is 0. The van der Waals surface area contributed by atoms with E-state index in [1.807, 2.05) is 30.3 Å². The molecule has 3 heterocycles. The van der Waals surface area contributed by atoms with Crippen molar-refractivity contribution in [1.82, 2.24) is 25.0 Å². The van der Waals surface area contributed by atoms with E-state index in [9.17, 15) is 0 Å². The van der Waals surface area contributed by atoms with Crippen molar-refractivity contribution < 1.29 is 4.74 Å². The Morgan fingerprint density at radius 1 is 1.27 bits per heavy atom. The maximum absolute atomic E-state index is 5.79. The van der Waals surface area contributed by atoms with Crippen molar-refractivity contribution in [2.45, 2.75) is 43.7 Å². The SMILES string of the molecule is Cc1nnc(CN=C(NCC2CCCO2)N2CCC(CSc3ccccc3)C2)n1C. The van der Waals surface area contributed by atoms with Crippen LogP contribution in [-0.4, -0.2) is 63.7 Å². The van der Waals surface area contributed by atoms with Gasteiger partial charge in [-0.05, 0) is 44.2 Å². The molecule has 30 heavy (non-hydrogen) atoms. The van der Waals surface area contributed by atoms with E-state index in [0.29, 0.717) is 18.6 Å². The number of nitrogens with one attached hydrogen (secondary N) is 1. The Bertz CT molecular complexity index is 833. The third kappa shape index (κ3) is 5.55. The third-order valence-electron chi connectivity index (χ3n) is 5.88. The van der Waals surface area contributed by atoms with Gasteiger partial charge in [-0.2, -0.15) is 0 Å². The van der Waals surface area contributed by atoms with Crippen LogP contribution in [0.3, 0.4) is 0 Å². The summed E-state index contributed by atoms with van der Waals surface area (Å²) in [7, 11) is 1.99. The molecule has 2 aromatic rings. The molecular weight excluding hydrogens is 396 g/mol. The predicted octanol–water partition coefficient (Wildman–Crippen LogP) is 2.86. The zero-order chi connectivity index (χ0) is 20.8. The molecule has 0 aliphatic carbocycles. The molecule has 2 atom stereocenters. The minimum absolute atomic E-state index is 0.291. The highest BCUT2D eigenvalue weighted by molar-refractivity contribution is 7.99. The van der Waals surface area contributed by atoms with Gasteiger partial charge in [-0.3, -0.25) is 0 Å². The molecule has 2 aliphatic heterocycles. The summed E-state index contributed by atoms with van der Waals surface area (Å²) in [5.74, 6) is 4.58. The molecule has 1 N–H and O–H groups in total. The Labute approximate surface area is 183 Å². The minimum Gasteiger partial charge on any atom is -0.376 e. The Hall–Kier alpha value is -2.06. The highest BCUT2D eigenvalue weighted by atomic mass is 32.2. The van der Waals surface area contributed by atoms with Crippen LogP contribution in [0, 0.1) is 12.8 Å². The number of aryl methyl sites for hydroxylation is 1. The van der Waals surface area contributed by atoms with Gasteiger partial charge in [0, 0.05) is 43.9 Å². The van der Waals surface area contributed by atoms with Crippen LogP contribution in [0.5, 0.6) is 0 Å². The summed E-state index contributed by atoms with van der Waals surface area (Å²) in [6.07, 6.45) is 3.77. The number of hydrogen-bond acceptors (Lipinski definition) is 5. The molecule has 162 valence electrons. The molecule has 0 spiro atoms. The second kappa shape index (κ2) is 10.3. The maximum atomic E-state index is 5.79. The number of rotatable bonds is 7. The van der Waals surface area contributed by atoms with Crippen molar-refractivity contribution in [1.29, 1.82) is 0 Å². The third-order valence-corrected chi connectivity index (χ3v) is 7.12. The largest absolute Gasteiger partial charge is 0.376 e. The molecule has 0 bridgehead atoms. The molecule has 7 nitrogen and oxygen atoms in total. The van der Waals surface area contributed by atoms with E-state index in [0.717, 1.165) is 62.4 Å². The Balaban J connectivity index is 1.36. The van der Waals surface area contributed by atoms with E-state index in [4.69, 9.17) is 9.73 Å². The fraction of sp³-hybridized carbons (Fsp3) is 0.591. The molecule has 0 amide bonds. The molecule has 2 fully saturated rings. The first-order valence-corrected chi connectivity index (χ1v) is 11.8. The number of thioether (sulfide) groups is 1. The molecule has 4 rings (SSSR count). The molecule has 8 heteroatoms. The molecule has 0 radical (unpaired) electrons. The fourth-order valence-corrected chi connectivity index (χ4v) is 4.95. The normalized spacial score (nSPS) is 22.1. The predicted molar refractivity (Wildman–Crippen MR) is 121 cm³/mol. The van der Waals surface area contributed by atoms with E-state index >= 15 is 0 Å². The van der Waals surface area contributed by atoms with Crippen LogP contribution >= 0.6 is 11.8 Å². The van der Waals surface area contributed by atoms with Crippen LogP contribution < -0.4 is 5.32 Å². The summed E-state index contributed by atoms with van der Waals surface area (Å²) in [6.45, 7) is 6.26. The molecule has 2 unspecified atom stereocenters. The van der Waals surface area contributed by atoms with Crippen molar-refractivity contribution in [3.8, 4) is 0 Å². The number of aromatic nitrogens is 3. The van der Waals surface area contributed by atoms with Gasteiger partial charge in [0.05, 0.1) is 6.10 Å². The van der Waals surface area contributed by atoms with E-state index in [2.05, 4.69) is 50.7 Å². The number of nitrogens with zero attached hydrogens (tertiary/aromatic N) is 5. The zero-order valence-electron chi connectivity index (χ0n) is 18.0. The van der Waals surface area contributed by atoms with E-state index in [1.165, 1.54) is 11.3 Å². The van der Waals surface area contributed by atoms with Crippen molar-refractivity contribution in [2.24, 2.45) is 18.0 Å². The van der Waals surface area contributed by atoms with Gasteiger partial charge in [0.15, 0.2) is 11.8 Å². The lowest BCUT2D eigenvalue weighted by Gasteiger charge is -2.23. The molecule has 0 saturated carbocycles. The van der Waals surface area contributed by atoms with Gasteiger partial charge in [0.1, 0.15) is 12.4 Å². The number of hydrogen-bond donors (Lipinski definition) is 1.